The number of pyridine rings is 1. The number of hydrogen-bond acceptors (Lipinski definition) is 4. The van der Waals surface area contributed by atoms with E-state index in [-0.39, 0.29) is 11.6 Å². The van der Waals surface area contributed by atoms with Gasteiger partial charge in [0.05, 0.1) is 12.8 Å². The van der Waals surface area contributed by atoms with Gasteiger partial charge in [0.15, 0.2) is 17.4 Å². The molecule has 0 atom stereocenters. The molecule has 7 heteroatoms. The fourth-order valence-corrected chi connectivity index (χ4v) is 3.23. The summed E-state index contributed by atoms with van der Waals surface area (Å²) in [5, 5.41) is 4.61. The minimum absolute atomic E-state index is 0.196. The maximum absolute atomic E-state index is 14.0. The van der Waals surface area contributed by atoms with Crippen LogP contribution in [0.3, 0.4) is 0 Å². The molecule has 0 aliphatic carbocycles. The molecule has 5 nitrogen and oxygen atoms in total. The van der Waals surface area contributed by atoms with E-state index in [1.54, 1.807) is 41.3 Å². The van der Waals surface area contributed by atoms with Crippen molar-refractivity contribution in [3.8, 4) is 11.4 Å². The fourth-order valence-electron chi connectivity index (χ4n) is 3.23. The van der Waals surface area contributed by atoms with Gasteiger partial charge in [0, 0.05) is 25.2 Å². The summed E-state index contributed by atoms with van der Waals surface area (Å²) < 4.78 is 34.1. The molecule has 0 unspecified atom stereocenters. The molecule has 2 heterocycles. The Kier molecular flexibility index (Phi) is 5.79. The van der Waals surface area contributed by atoms with Crippen molar-refractivity contribution in [3.63, 3.8) is 0 Å². The van der Waals surface area contributed by atoms with E-state index in [4.69, 9.17) is 4.74 Å². The highest BCUT2D eigenvalue weighted by Gasteiger charge is 2.14. The van der Waals surface area contributed by atoms with Crippen molar-refractivity contribution in [1.29, 1.82) is 0 Å². The van der Waals surface area contributed by atoms with Gasteiger partial charge in [-0.2, -0.15) is 5.10 Å². The predicted octanol–water partition coefficient (Wildman–Crippen LogP) is 4.33. The molecule has 4 rings (SSSR count). The highest BCUT2D eigenvalue weighted by Crippen LogP contribution is 2.20. The third kappa shape index (κ3) is 4.51. The number of nitrogens with zero attached hydrogens (tertiary/aromatic N) is 4. The molecule has 0 spiro atoms. The Labute approximate surface area is 173 Å². The SMILES string of the molecule is COc1ccc(Cc2nc(CCc3ccncc3)n(-c3ccc(F)cc3)n2)cc1F. The van der Waals surface area contributed by atoms with Crippen molar-refractivity contribution >= 4 is 0 Å². The number of halogens is 2. The normalized spacial score (nSPS) is 10.9. The predicted molar refractivity (Wildman–Crippen MR) is 109 cm³/mol. The topological polar surface area (TPSA) is 52.8 Å². The van der Waals surface area contributed by atoms with Gasteiger partial charge >= 0.3 is 0 Å². The lowest BCUT2D eigenvalue weighted by atomic mass is 10.1. The molecule has 0 aliphatic heterocycles. The maximum atomic E-state index is 14.0. The lowest BCUT2D eigenvalue weighted by Crippen LogP contribution is -2.05. The summed E-state index contributed by atoms with van der Waals surface area (Å²) in [5.41, 5.74) is 2.60. The van der Waals surface area contributed by atoms with Crippen LogP contribution in [0.25, 0.3) is 5.69 Å². The van der Waals surface area contributed by atoms with Gasteiger partial charge in [-0.3, -0.25) is 4.98 Å². The second-order valence-corrected chi connectivity index (χ2v) is 6.83. The first-order valence-corrected chi connectivity index (χ1v) is 9.54. The molecule has 0 aliphatic rings. The summed E-state index contributed by atoms with van der Waals surface area (Å²) in [7, 11) is 1.43. The number of hydrogen-bond donors (Lipinski definition) is 0. The molecular formula is C23H20F2N4O. The van der Waals surface area contributed by atoms with Crippen LogP contribution in [0, 0.1) is 11.6 Å². The van der Waals surface area contributed by atoms with E-state index in [0.29, 0.717) is 18.7 Å². The highest BCUT2D eigenvalue weighted by atomic mass is 19.1. The zero-order chi connectivity index (χ0) is 20.9. The van der Waals surface area contributed by atoms with Crippen LogP contribution in [0.2, 0.25) is 0 Å². The van der Waals surface area contributed by atoms with Crippen LogP contribution in [0.4, 0.5) is 8.78 Å². The van der Waals surface area contributed by atoms with E-state index in [9.17, 15) is 8.78 Å². The molecule has 0 amide bonds. The minimum Gasteiger partial charge on any atom is -0.494 e. The summed E-state index contributed by atoms with van der Waals surface area (Å²) in [6.07, 6.45) is 5.29. The second-order valence-electron chi connectivity index (χ2n) is 6.83. The average Bonchev–Trinajstić information content (AvgIpc) is 3.16. The average molecular weight is 406 g/mol. The smallest absolute Gasteiger partial charge is 0.165 e. The first kappa shape index (κ1) is 19.7. The van der Waals surface area contributed by atoms with E-state index < -0.39 is 5.82 Å². The Hall–Kier alpha value is -3.61. The van der Waals surface area contributed by atoms with Crippen molar-refractivity contribution in [2.24, 2.45) is 0 Å². The van der Waals surface area contributed by atoms with E-state index >= 15 is 0 Å². The second kappa shape index (κ2) is 8.82. The minimum atomic E-state index is -0.425. The molecule has 152 valence electrons. The Morgan fingerprint density at radius 1 is 0.900 bits per heavy atom. The van der Waals surface area contributed by atoms with Gasteiger partial charge in [0.25, 0.3) is 0 Å². The van der Waals surface area contributed by atoms with Crippen LogP contribution >= 0.6 is 0 Å². The van der Waals surface area contributed by atoms with Gasteiger partial charge in [0.2, 0.25) is 0 Å². The number of benzene rings is 2. The molecule has 0 fully saturated rings. The lowest BCUT2D eigenvalue weighted by molar-refractivity contribution is 0.386. The van der Waals surface area contributed by atoms with Crippen LogP contribution in [0.5, 0.6) is 5.75 Å². The van der Waals surface area contributed by atoms with E-state index in [0.717, 1.165) is 29.1 Å². The van der Waals surface area contributed by atoms with E-state index in [1.807, 2.05) is 12.1 Å². The van der Waals surface area contributed by atoms with Crippen molar-refractivity contribution in [2.45, 2.75) is 19.3 Å². The van der Waals surface area contributed by atoms with Crippen LogP contribution in [0.15, 0.2) is 67.0 Å². The Bertz CT molecular complexity index is 1130. The summed E-state index contributed by atoms with van der Waals surface area (Å²) in [6.45, 7) is 0. The molecule has 2 aromatic carbocycles. The number of aromatic nitrogens is 4. The van der Waals surface area contributed by atoms with Gasteiger partial charge in [-0.05, 0) is 66.1 Å². The standard InChI is InChI=1S/C23H20F2N4O/c1-30-21-8-2-17(14-20(21)25)15-22-27-23(9-3-16-10-12-26-13-11-16)29(28-22)19-6-4-18(24)5-7-19/h2,4-8,10-14H,3,9,15H2,1H3. The van der Waals surface area contributed by atoms with Gasteiger partial charge in [-0.25, -0.2) is 18.4 Å². The number of aryl methyl sites for hydroxylation is 2. The number of rotatable bonds is 7. The van der Waals surface area contributed by atoms with Crippen LogP contribution in [-0.4, -0.2) is 26.9 Å². The monoisotopic (exact) mass is 406 g/mol. The zero-order valence-electron chi connectivity index (χ0n) is 16.4. The molecular weight excluding hydrogens is 386 g/mol. The number of ether oxygens (including phenoxy) is 1. The summed E-state index contributed by atoms with van der Waals surface area (Å²) in [6, 6.07) is 14.8. The zero-order valence-corrected chi connectivity index (χ0v) is 16.4. The Morgan fingerprint density at radius 2 is 1.67 bits per heavy atom. The maximum Gasteiger partial charge on any atom is 0.165 e. The summed E-state index contributed by atoms with van der Waals surface area (Å²) in [5.74, 6) is 0.773. The fraction of sp³-hybridized carbons (Fsp3) is 0.174. The van der Waals surface area contributed by atoms with Crippen LogP contribution < -0.4 is 4.74 Å². The van der Waals surface area contributed by atoms with Crippen molar-refractivity contribution in [1.82, 2.24) is 19.7 Å². The Morgan fingerprint density at radius 3 is 2.37 bits per heavy atom. The molecule has 4 aromatic rings. The van der Waals surface area contributed by atoms with Crippen molar-refractivity contribution in [2.75, 3.05) is 7.11 Å². The largest absolute Gasteiger partial charge is 0.494 e. The third-order valence-electron chi connectivity index (χ3n) is 4.75. The van der Waals surface area contributed by atoms with E-state index in [2.05, 4.69) is 15.1 Å². The molecule has 0 saturated heterocycles. The Balaban J connectivity index is 1.62. The highest BCUT2D eigenvalue weighted by molar-refractivity contribution is 5.34. The third-order valence-corrected chi connectivity index (χ3v) is 4.75. The first-order valence-electron chi connectivity index (χ1n) is 9.54. The lowest BCUT2D eigenvalue weighted by Gasteiger charge is -2.06. The van der Waals surface area contributed by atoms with Crippen LogP contribution in [0.1, 0.15) is 22.8 Å². The first-order chi connectivity index (χ1) is 14.6. The number of methoxy groups -OCH3 is 1. The molecule has 0 N–H and O–H groups in total. The quantitative estimate of drug-likeness (QED) is 0.459. The van der Waals surface area contributed by atoms with Gasteiger partial charge < -0.3 is 4.74 Å². The van der Waals surface area contributed by atoms with Gasteiger partial charge in [-0.15, -0.1) is 0 Å². The molecule has 2 aromatic heterocycles. The van der Waals surface area contributed by atoms with Crippen molar-refractivity contribution in [3.05, 3.63) is 101 Å². The molecule has 0 radical (unpaired) electrons. The van der Waals surface area contributed by atoms with E-state index in [1.165, 1.54) is 25.3 Å². The molecule has 0 saturated carbocycles. The summed E-state index contributed by atoms with van der Waals surface area (Å²) >= 11 is 0. The molecule has 30 heavy (non-hydrogen) atoms. The summed E-state index contributed by atoms with van der Waals surface area (Å²) in [4.78, 5) is 8.72. The van der Waals surface area contributed by atoms with Crippen molar-refractivity contribution < 1.29 is 13.5 Å². The van der Waals surface area contributed by atoms with Crippen LogP contribution in [-0.2, 0) is 19.3 Å². The van der Waals surface area contributed by atoms with Gasteiger partial charge in [-0.1, -0.05) is 6.07 Å². The molecule has 0 bridgehead atoms. The van der Waals surface area contributed by atoms with Gasteiger partial charge in [0.1, 0.15) is 11.6 Å².